The molecule has 0 spiro atoms. The largest absolute Gasteiger partial charge is 0.468 e. The maximum atomic E-state index is 12.2. The van der Waals surface area contributed by atoms with E-state index in [1.54, 1.807) is 12.1 Å². The summed E-state index contributed by atoms with van der Waals surface area (Å²) in [6.07, 6.45) is 1.46. The molecule has 136 valence electrons. The summed E-state index contributed by atoms with van der Waals surface area (Å²) >= 11 is 0. The Balaban J connectivity index is 1.97. The zero-order valence-corrected chi connectivity index (χ0v) is 14.9. The van der Waals surface area contributed by atoms with E-state index in [0.717, 1.165) is 16.8 Å². The first-order chi connectivity index (χ1) is 12.4. The number of pyridine rings is 1. The number of benzene rings is 1. The van der Waals surface area contributed by atoms with Crippen molar-refractivity contribution in [3.05, 3.63) is 53.7 Å². The van der Waals surface area contributed by atoms with E-state index in [1.807, 2.05) is 31.2 Å². The smallest absolute Gasteiger partial charge is 0.325 e. The number of hydrogen-bond acceptors (Lipinski definition) is 5. The maximum Gasteiger partial charge on any atom is 0.325 e. The number of carbonyl (C=O) groups excluding carboxylic acids is 3. The van der Waals surface area contributed by atoms with Crippen LogP contribution in [0.5, 0.6) is 0 Å². The summed E-state index contributed by atoms with van der Waals surface area (Å²) in [5.41, 5.74) is 3.19. The summed E-state index contributed by atoms with van der Waals surface area (Å²) in [6.45, 7) is 3.28. The van der Waals surface area contributed by atoms with Crippen LogP contribution in [0.15, 0.2) is 42.6 Å². The van der Waals surface area contributed by atoms with Crippen LogP contribution in [0.1, 0.15) is 22.8 Å². The van der Waals surface area contributed by atoms with Gasteiger partial charge >= 0.3 is 5.97 Å². The molecule has 1 heterocycles. The molecule has 0 saturated carbocycles. The first-order valence-electron chi connectivity index (χ1n) is 8.09. The molecule has 0 radical (unpaired) electrons. The number of rotatable bonds is 6. The molecule has 0 aliphatic carbocycles. The topological polar surface area (TPSA) is 97.4 Å². The van der Waals surface area contributed by atoms with Gasteiger partial charge in [0, 0.05) is 11.8 Å². The van der Waals surface area contributed by atoms with E-state index in [-0.39, 0.29) is 6.54 Å². The molecular formula is C19H21N3O4. The zero-order valence-electron chi connectivity index (χ0n) is 14.9. The van der Waals surface area contributed by atoms with Crippen LogP contribution in [0.25, 0.3) is 11.3 Å². The number of methoxy groups -OCH3 is 1. The summed E-state index contributed by atoms with van der Waals surface area (Å²) in [4.78, 5) is 39.4. The predicted octanol–water partition coefficient (Wildman–Crippen LogP) is 1.46. The van der Waals surface area contributed by atoms with Crippen molar-refractivity contribution < 1.29 is 19.1 Å². The van der Waals surface area contributed by atoms with Gasteiger partial charge in [-0.3, -0.25) is 19.4 Å². The number of aromatic nitrogens is 1. The normalized spacial score (nSPS) is 11.3. The lowest BCUT2D eigenvalue weighted by atomic mass is 10.1. The van der Waals surface area contributed by atoms with E-state index in [1.165, 1.54) is 20.2 Å². The molecule has 2 rings (SSSR count). The summed E-state index contributed by atoms with van der Waals surface area (Å²) in [6, 6.07) is 10.5. The Morgan fingerprint density at radius 3 is 2.58 bits per heavy atom. The fourth-order valence-corrected chi connectivity index (χ4v) is 2.23. The second-order valence-electron chi connectivity index (χ2n) is 5.79. The average molecular weight is 355 g/mol. The Hall–Kier alpha value is -3.22. The highest BCUT2D eigenvalue weighted by Gasteiger charge is 2.17. The zero-order chi connectivity index (χ0) is 19.1. The van der Waals surface area contributed by atoms with E-state index < -0.39 is 23.8 Å². The molecule has 0 fully saturated rings. The lowest BCUT2D eigenvalue weighted by Crippen LogP contribution is -2.46. The van der Waals surface area contributed by atoms with Crippen molar-refractivity contribution in [3.63, 3.8) is 0 Å². The van der Waals surface area contributed by atoms with Gasteiger partial charge in [-0.1, -0.05) is 23.8 Å². The van der Waals surface area contributed by atoms with Gasteiger partial charge in [-0.25, -0.2) is 0 Å². The fraction of sp³-hybridized carbons (Fsp3) is 0.263. The Morgan fingerprint density at radius 1 is 1.19 bits per heavy atom. The maximum absolute atomic E-state index is 12.2. The summed E-state index contributed by atoms with van der Waals surface area (Å²) in [7, 11) is 1.23. The molecule has 0 aliphatic heterocycles. The molecule has 2 amide bonds. The second-order valence-corrected chi connectivity index (χ2v) is 5.79. The van der Waals surface area contributed by atoms with Gasteiger partial charge in [-0.05, 0) is 32.0 Å². The third-order valence-electron chi connectivity index (χ3n) is 3.72. The van der Waals surface area contributed by atoms with E-state index in [2.05, 4.69) is 20.4 Å². The minimum absolute atomic E-state index is 0.248. The molecular weight excluding hydrogens is 334 g/mol. The summed E-state index contributed by atoms with van der Waals surface area (Å²) < 4.78 is 4.44. The van der Waals surface area contributed by atoms with Crippen molar-refractivity contribution in [1.82, 2.24) is 15.6 Å². The lowest BCUT2D eigenvalue weighted by Gasteiger charge is -2.13. The molecule has 0 unspecified atom stereocenters. The molecule has 0 aliphatic rings. The number of esters is 1. The number of ether oxygens (including phenoxy) is 1. The second kappa shape index (κ2) is 8.75. The Bertz CT molecular complexity index is 803. The van der Waals surface area contributed by atoms with Gasteiger partial charge in [0.05, 0.1) is 18.4 Å². The van der Waals surface area contributed by atoms with Gasteiger partial charge in [-0.15, -0.1) is 0 Å². The van der Waals surface area contributed by atoms with E-state index in [4.69, 9.17) is 0 Å². The molecule has 2 aromatic rings. The standard InChI is InChI=1S/C19H21N3O4/c1-12-5-4-6-14(9-12)16-8-7-15(10-20-16)19(25)22-13(2)18(24)21-11-17(23)26-3/h4-10,13H,11H2,1-3H3,(H,21,24)(H,22,25)/t13-/m0/s1. The SMILES string of the molecule is COC(=O)CNC(=O)[C@H](C)NC(=O)c1ccc(-c2cccc(C)c2)nc1. The lowest BCUT2D eigenvalue weighted by molar-refractivity contribution is -0.141. The Morgan fingerprint density at radius 2 is 1.96 bits per heavy atom. The van der Waals surface area contributed by atoms with E-state index in [9.17, 15) is 14.4 Å². The molecule has 1 atom stereocenters. The highest BCUT2D eigenvalue weighted by molar-refractivity contribution is 5.97. The van der Waals surface area contributed by atoms with Crippen molar-refractivity contribution in [3.8, 4) is 11.3 Å². The van der Waals surface area contributed by atoms with Gasteiger partial charge in [0.1, 0.15) is 12.6 Å². The van der Waals surface area contributed by atoms with Gasteiger partial charge in [0.2, 0.25) is 5.91 Å². The predicted molar refractivity (Wildman–Crippen MR) is 96.4 cm³/mol. The molecule has 7 nitrogen and oxygen atoms in total. The molecule has 0 bridgehead atoms. The van der Waals surface area contributed by atoms with E-state index in [0.29, 0.717) is 5.56 Å². The quantitative estimate of drug-likeness (QED) is 0.765. The van der Waals surface area contributed by atoms with Crippen molar-refractivity contribution in [2.24, 2.45) is 0 Å². The van der Waals surface area contributed by atoms with Crippen molar-refractivity contribution in [2.75, 3.05) is 13.7 Å². The van der Waals surface area contributed by atoms with Crippen molar-refractivity contribution in [1.29, 1.82) is 0 Å². The Labute approximate surface area is 151 Å². The van der Waals surface area contributed by atoms with Crippen LogP contribution in [-0.2, 0) is 14.3 Å². The number of nitrogens with one attached hydrogen (secondary N) is 2. The van der Waals surface area contributed by atoms with Crippen LogP contribution in [0.2, 0.25) is 0 Å². The van der Waals surface area contributed by atoms with Crippen LogP contribution >= 0.6 is 0 Å². The van der Waals surface area contributed by atoms with Gasteiger partial charge in [-0.2, -0.15) is 0 Å². The van der Waals surface area contributed by atoms with Gasteiger partial charge < -0.3 is 15.4 Å². The monoisotopic (exact) mass is 355 g/mol. The van der Waals surface area contributed by atoms with Crippen molar-refractivity contribution in [2.45, 2.75) is 19.9 Å². The highest BCUT2D eigenvalue weighted by atomic mass is 16.5. The summed E-state index contributed by atoms with van der Waals surface area (Å²) in [5, 5.41) is 4.94. The summed E-state index contributed by atoms with van der Waals surface area (Å²) in [5.74, 6) is -1.46. The van der Waals surface area contributed by atoms with Crippen LogP contribution in [-0.4, -0.2) is 42.5 Å². The third kappa shape index (κ3) is 5.14. The van der Waals surface area contributed by atoms with Gasteiger partial charge in [0.15, 0.2) is 0 Å². The average Bonchev–Trinajstić information content (AvgIpc) is 2.65. The van der Waals surface area contributed by atoms with Crippen LogP contribution in [0.3, 0.4) is 0 Å². The first-order valence-corrected chi connectivity index (χ1v) is 8.09. The van der Waals surface area contributed by atoms with Crippen LogP contribution < -0.4 is 10.6 Å². The third-order valence-corrected chi connectivity index (χ3v) is 3.72. The number of carbonyl (C=O) groups is 3. The van der Waals surface area contributed by atoms with Crippen LogP contribution in [0, 0.1) is 6.92 Å². The molecule has 1 aromatic heterocycles. The molecule has 7 heteroatoms. The molecule has 2 N–H and O–H groups in total. The first kappa shape index (κ1) is 19.1. The minimum atomic E-state index is -0.802. The Kier molecular flexibility index (Phi) is 6.43. The van der Waals surface area contributed by atoms with Gasteiger partial charge in [0.25, 0.3) is 5.91 Å². The fourth-order valence-electron chi connectivity index (χ4n) is 2.23. The van der Waals surface area contributed by atoms with E-state index >= 15 is 0 Å². The molecule has 1 aromatic carbocycles. The minimum Gasteiger partial charge on any atom is -0.468 e. The number of nitrogens with zero attached hydrogens (tertiary/aromatic N) is 1. The van der Waals surface area contributed by atoms with Crippen LogP contribution in [0.4, 0.5) is 0 Å². The molecule has 0 saturated heterocycles. The highest BCUT2D eigenvalue weighted by Crippen LogP contribution is 2.18. The molecule has 26 heavy (non-hydrogen) atoms. The number of amides is 2. The number of hydrogen-bond donors (Lipinski definition) is 2. The van der Waals surface area contributed by atoms with Crippen molar-refractivity contribution >= 4 is 17.8 Å². The number of aryl methyl sites for hydroxylation is 1.